The molecular weight excluding hydrogens is 527 g/mol. The molecular formula is C27H32F3N7O3. The molecule has 1 aliphatic carbocycles. The van der Waals surface area contributed by atoms with Gasteiger partial charge in [0, 0.05) is 24.8 Å². The molecule has 1 saturated heterocycles. The summed E-state index contributed by atoms with van der Waals surface area (Å²) >= 11 is 0. The predicted octanol–water partition coefficient (Wildman–Crippen LogP) is 4.46. The Labute approximate surface area is 229 Å². The summed E-state index contributed by atoms with van der Waals surface area (Å²) in [6.07, 6.45) is 0.358. The molecule has 0 atom stereocenters. The highest BCUT2D eigenvalue weighted by Crippen LogP contribution is 2.55. The van der Waals surface area contributed by atoms with E-state index >= 15 is 0 Å². The van der Waals surface area contributed by atoms with Gasteiger partial charge in [0.2, 0.25) is 0 Å². The summed E-state index contributed by atoms with van der Waals surface area (Å²) in [5.41, 5.74) is 11.3. The number of rotatable bonds is 5. The van der Waals surface area contributed by atoms with Gasteiger partial charge in [0.1, 0.15) is 22.7 Å². The number of anilines is 1. The number of nitrogens with zero attached hydrogens (tertiary/aromatic N) is 5. The molecule has 2 aliphatic rings. The number of aromatic nitrogens is 4. The minimum Gasteiger partial charge on any atom is -0.444 e. The first-order valence-electron chi connectivity index (χ1n) is 13.0. The molecule has 1 spiro atoms. The number of carbonyl (C=O) groups is 2. The Morgan fingerprint density at radius 1 is 1.18 bits per heavy atom. The molecule has 2 fully saturated rings. The van der Waals surface area contributed by atoms with E-state index in [9.17, 15) is 22.8 Å². The van der Waals surface area contributed by atoms with Crippen molar-refractivity contribution in [1.82, 2.24) is 24.5 Å². The fourth-order valence-corrected chi connectivity index (χ4v) is 5.72. The summed E-state index contributed by atoms with van der Waals surface area (Å²) in [5.74, 6) is -0.639. The quantitative estimate of drug-likeness (QED) is 0.474. The van der Waals surface area contributed by atoms with Gasteiger partial charge in [-0.2, -0.15) is 23.4 Å². The zero-order valence-corrected chi connectivity index (χ0v) is 22.5. The lowest BCUT2D eigenvalue weighted by molar-refractivity contribution is -0.138. The fraction of sp³-hybridized carbons (Fsp3) is 0.481. The van der Waals surface area contributed by atoms with Gasteiger partial charge >= 0.3 is 12.3 Å². The predicted molar refractivity (Wildman–Crippen MR) is 140 cm³/mol. The lowest BCUT2D eigenvalue weighted by Crippen LogP contribution is -2.43. The van der Waals surface area contributed by atoms with Crippen LogP contribution in [0.15, 0.2) is 36.7 Å². The van der Waals surface area contributed by atoms with Gasteiger partial charge < -0.3 is 21.1 Å². The van der Waals surface area contributed by atoms with Crippen LogP contribution in [0.3, 0.4) is 0 Å². The number of ether oxygens (including phenoxy) is 1. The average molecular weight is 560 g/mol. The number of hydrogen-bond acceptors (Lipinski definition) is 6. The highest BCUT2D eigenvalue weighted by Gasteiger charge is 2.51. The van der Waals surface area contributed by atoms with E-state index in [1.807, 2.05) is 20.8 Å². The van der Waals surface area contributed by atoms with Crippen LogP contribution in [0.25, 0.3) is 11.3 Å². The van der Waals surface area contributed by atoms with Crippen LogP contribution in [-0.4, -0.2) is 55.2 Å². The topological polar surface area (TPSA) is 134 Å². The summed E-state index contributed by atoms with van der Waals surface area (Å²) < 4.78 is 48.7. The van der Waals surface area contributed by atoms with Crippen molar-refractivity contribution in [3.05, 3.63) is 53.3 Å². The Balaban J connectivity index is 1.34. The van der Waals surface area contributed by atoms with Crippen LogP contribution >= 0.6 is 0 Å². The van der Waals surface area contributed by atoms with E-state index < -0.39 is 23.2 Å². The van der Waals surface area contributed by atoms with Crippen molar-refractivity contribution in [2.75, 3.05) is 18.8 Å². The number of nitrogen functional groups attached to an aromatic ring is 1. The maximum Gasteiger partial charge on any atom is 0.416 e. The van der Waals surface area contributed by atoms with Crippen LogP contribution in [0.1, 0.15) is 67.6 Å². The maximum atomic E-state index is 13.4. The molecule has 1 saturated carbocycles. The maximum absolute atomic E-state index is 13.4. The van der Waals surface area contributed by atoms with Gasteiger partial charge in [-0.25, -0.2) is 9.48 Å². The van der Waals surface area contributed by atoms with Crippen molar-refractivity contribution in [2.45, 2.75) is 64.4 Å². The molecule has 2 amide bonds. The number of primary amides is 1. The second kappa shape index (κ2) is 9.56. The molecule has 4 N–H and O–H groups in total. The lowest BCUT2D eigenvalue weighted by atomic mass is 9.65. The van der Waals surface area contributed by atoms with Gasteiger partial charge in [-0.15, -0.1) is 0 Å². The van der Waals surface area contributed by atoms with Crippen molar-refractivity contribution in [1.29, 1.82) is 0 Å². The van der Waals surface area contributed by atoms with E-state index in [-0.39, 0.29) is 46.7 Å². The van der Waals surface area contributed by atoms with Crippen molar-refractivity contribution in [3.8, 4) is 11.3 Å². The zero-order chi connectivity index (χ0) is 29.0. The number of hydrogen-bond donors (Lipinski definition) is 2. The van der Waals surface area contributed by atoms with Crippen LogP contribution in [0.5, 0.6) is 0 Å². The second-order valence-corrected chi connectivity index (χ2v) is 11.7. The van der Waals surface area contributed by atoms with Gasteiger partial charge in [0.05, 0.1) is 24.3 Å². The Morgan fingerprint density at radius 3 is 2.52 bits per heavy atom. The monoisotopic (exact) mass is 559 g/mol. The summed E-state index contributed by atoms with van der Waals surface area (Å²) in [7, 11) is 0. The molecule has 1 aromatic carbocycles. The molecule has 10 nitrogen and oxygen atoms in total. The van der Waals surface area contributed by atoms with Crippen LogP contribution in [0, 0.1) is 5.41 Å². The van der Waals surface area contributed by atoms with Gasteiger partial charge in [-0.1, -0.05) is 18.2 Å². The number of amides is 2. The zero-order valence-electron chi connectivity index (χ0n) is 22.5. The average Bonchev–Trinajstić information content (AvgIpc) is 3.54. The molecule has 2 aromatic heterocycles. The summed E-state index contributed by atoms with van der Waals surface area (Å²) in [4.78, 5) is 26.6. The molecule has 0 unspecified atom stereocenters. The van der Waals surface area contributed by atoms with Crippen LogP contribution in [-0.2, 0) is 17.5 Å². The SMILES string of the molecule is CC(C)(C)OC(=O)N1CC[C@]2(C1)C[C@H](n1nc(-c3cnn(Cc4ccccc4C(F)(F)F)c3)c(C(N)=O)c1N)C2. The third-order valence-electron chi connectivity index (χ3n) is 7.53. The van der Waals surface area contributed by atoms with E-state index in [1.54, 1.807) is 9.58 Å². The largest absolute Gasteiger partial charge is 0.444 e. The molecule has 3 heterocycles. The summed E-state index contributed by atoms with van der Waals surface area (Å²) in [6.45, 7) is 6.53. The van der Waals surface area contributed by atoms with E-state index in [0.29, 0.717) is 31.5 Å². The van der Waals surface area contributed by atoms with Crippen molar-refractivity contribution >= 4 is 17.8 Å². The Morgan fingerprint density at radius 2 is 1.88 bits per heavy atom. The van der Waals surface area contributed by atoms with E-state index in [1.165, 1.54) is 35.3 Å². The number of alkyl halides is 3. The Hall–Kier alpha value is -4.03. The third kappa shape index (κ3) is 5.24. The molecule has 1 aliphatic heterocycles. The number of likely N-dealkylation sites (tertiary alicyclic amines) is 1. The normalized spacial score (nSPS) is 21.1. The van der Waals surface area contributed by atoms with Gasteiger partial charge in [0.15, 0.2) is 0 Å². The van der Waals surface area contributed by atoms with Crippen molar-refractivity contribution in [3.63, 3.8) is 0 Å². The number of carbonyl (C=O) groups excluding carboxylic acids is 2. The van der Waals surface area contributed by atoms with Gasteiger partial charge in [0.25, 0.3) is 5.91 Å². The highest BCUT2D eigenvalue weighted by molar-refractivity contribution is 6.03. The van der Waals surface area contributed by atoms with E-state index in [0.717, 1.165) is 12.5 Å². The van der Waals surface area contributed by atoms with Gasteiger partial charge in [-0.05, 0) is 57.1 Å². The molecule has 0 bridgehead atoms. The third-order valence-corrected chi connectivity index (χ3v) is 7.53. The number of benzene rings is 1. The lowest BCUT2D eigenvalue weighted by Gasteiger charge is -2.45. The van der Waals surface area contributed by atoms with E-state index in [2.05, 4.69) is 10.2 Å². The number of halogens is 3. The van der Waals surface area contributed by atoms with Crippen LogP contribution < -0.4 is 11.5 Å². The minimum absolute atomic E-state index is 0.0398. The van der Waals surface area contributed by atoms with Crippen molar-refractivity contribution < 1.29 is 27.5 Å². The van der Waals surface area contributed by atoms with Crippen molar-refractivity contribution in [2.24, 2.45) is 11.1 Å². The smallest absolute Gasteiger partial charge is 0.416 e. The first kappa shape index (κ1) is 27.5. The minimum atomic E-state index is -4.50. The number of nitrogens with two attached hydrogens (primary N) is 2. The molecule has 5 rings (SSSR count). The first-order valence-corrected chi connectivity index (χ1v) is 13.0. The molecule has 214 valence electrons. The Bertz CT molecular complexity index is 1450. The molecule has 13 heteroatoms. The molecule has 0 radical (unpaired) electrons. The van der Waals surface area contributed by atoms with Gasteiger partial charge in [-0.3, -0.25) is 9.48 Å². The van der Waals surface area contributed by atoms with E-state index in [4.69, 9.17) is 16.2 Å². The second-order valence-electron chi connectivity index (χ2n) is 11.7. The summed E-state index contributed by atoms with van der Waals surface area (Å²) in [5, 5.41) is 8.81. The highest BCUT2D eigenvalue weighted by atomic mass is 19.4. The Kier molecular flexibility index (Phi) is 6.58. The van der Waals surface area contributed by atoms with Crippen LogP contribution in [0.2, 0.25) is 0 Å². The molecule has 40 heavy (non-hydrogen) atoms. The first-order chi connectivity index (χ1) is 18.7. The fourth-order valence-electron chi connectivity index (χ4n) is 5.72. The van der Waals surface area contributed by atoms with Crippen LogP contribution in [0.4, 0.5) is 23.8 Å². The standard InChI is InChI=1S/C27H32F3N7O3/c1-25(2,3)40-24(39)35-9-8-26(15-35)10-18(11-26)37-22(31)20(23(32)38)21(34-37)17-12-33-36(14-17)13-16-6-4-5-7-19(16)27(28,29)30/h4-7,12,14,18H,8-11,13,15,31H2,1-3H3,(H2,32,38)/t18-,26-. The summed E-state index contributed by atoms with van der Waals surface area (Å²) in [6, 6.07) is 5.19. The molecule has 3 aromatic rings.